The summed E-state index contributed by atoms with van der Waals surface area (Å²) >= 11 is 0. The van der Waals surface area contributed by atoms with Gasteiger partial charge in [-0.3, -0.25) is 0 Å². The fourth-order valence-electron chi connectivity index (χ4n) is 3.30. The molecule has 2 fully saturated rings. The van der Waals surface area contributed by atoms with Crippen molar-refractivity contribution in [3.8, 4) is 0 Å². The molecule has 19 heavy (non-hydrogen) atoms. The Morgan fingerprint density at radius 3 is 2.68 bits per heavy atom. The minimum absolute atomic E-state index is 0.344. The van der Waals surface area contributed by atoms with Crippen molar-refractivity contribution in [3.05, 3.63) is 0 Å². The van der Waals surface area contributed by atoms with Crippen LogP contribution in [0.25, 0.3) is 0 Å². The molecule has 2 N–H and O–H groups in total. The van der Waals surface area contributed by atoms with Crippen molar-refractivity contribution >= 4 is 0 Å². The first-order valence-corrected chi connectivity index (χ1v) is 7.78. The molecule has 2 saturated heterocycles. The molecule has 2 heterocycles. The van der Waals surface area contributed by atoms with Crippen LogP contribution in [0.4, 0.5) is 0 Å². The van der Waals surface area contributed by atoms with E-state index in [1.165, 1.54) is 0 Å². The maximum Gasteiger partial charge on any atom is 0.0472 e. The molecule has 0 aromatic rings. The molecule has 1 unspecified atom stereocenters. The Balaban J connectivity index is 1.89. The maximum atomic E-state index is 9.27. The number of hydrogen-bond acceptors (Lipinski definition) is 4. The Labute approximate surface area is 117 Å². The molecule has 0 amide bonds. The van der Waals surface area contributed by atoms with E-state index in [4.69, 9.17) is 4.74 Å². The first kappa shape index (κ1) is 15.2. The van der Waals surface area contributed by atoms with Gasteiger partial charge in [0.15, 0.2) is 0 Å². The minimum atomic E-state index is 0.344. The molecule has 0 aliphatic carbocycles. The number of nitrogens with one attached hydrogen (secondary N) is 1. The van der Waals surface area contributed by atoms with Crippen LogP contribution in [0.3, 0.4) is 0 Å². The van der Waals surface area contributed by atoms with Gasteiger partial charge in [-0.15, -0.1) is 0 Å². The van der Waals surface area contributed by atoms with Gasteiger partial charge in [-0.1, -0.05) is 13.8 Å². The summed E-state index contributed by atoms with van der Waals surface area (Å²) in [4.78, 5) is 2.55. The predicted molar refractivity (Wildman–Crippen MR) is 77.3 cm³/mol. The molecule has 1 atom stereocenters. The molecule has 0 aromatic heterocycles. The van der Waals surface area contributed by atoms with Gasteiger partial charge in [0.2, 0.25) is 0 Å². The topological polar surface area (TPSA) is 44.7 Å². The summed E-state index contributed by atoms with van der Waals surface area (Å²) in [6, 6.07) is 0.545. The van der Waals surface area contributed by atoms with E-state index in [9.17, 15) is 5.11 Å². The van der Waals surface area contributed by atoms with Gasteiger partial charge >= 0.3 is 0 Å². The van der Waals surface area contributed by atoms with Crippen molar-refractivity contribution in [1.82, 2.24) is 10.2 Å². The van der Waals surface area contributed by atoms with Crippen LogP contribution in [0, 0.1) is 11.3 Å². The molecule has 112 valence electrons. The highest BCUT2D eigenvalue weighted by Gasteiger charge is 2.36. The zero-order valence-corrected chi connectivity index (χ0v) is 12.5. The third-order valence-electron chi connectivity index (χ3n) is 4.63. The first-order chi connectivity index (χ1) is 9.13. The number of aliphatic hydroxyl groups excluding tert-OH is 1. The largest absolute Gasteiger partial charge is 0.396 e. The average Bonchev–Trinajstić information content (AvgIpc) is 2.85. The molecule has 4 heteroatoms. The molecule has 0 aromatic carbocycles. The van der Waals surface area contributed by atoms with Gasteiger partial charge in [-0.05, 0) is 37.1 Å². The normalized spacial score (nSPS) is 28.1. The number of hydrogen-bond donors (Lipinski definition) is 2. The number of likely N-dealkylation sites (tertiary alicyclic amines) is 1. The van der Waals surface area contributed by atoms with E-state index in [1.807, 2.05) is 0 Å². The molecular formula is C15H30N2O2. The van der Waals surface area contributed by atoms with E-state index in [2.05, 4.69) is 24.1 Å². The van der Waals surface area contributed by atoms with Crippen LogP contribution >= 0.6 is 0 Å². The Morgan fingerprint density at radius 2 is 2.11 bits per heavy atom. The second kappa shape index (κ2) is 7.02. The Kier molecular flexibility index (Phi) is 5.63. The summed E-state index contributed by atoms with van der Waals surface area (Å²) in [6.07, 6.45) is 3.47. The number of aliphatic hydroxyl groups is 1. The molecule has 4 nitrogen and oxygen atoms in total. The van der Waals surface area contributed by atoms with E-state index in [0.29, 0.717) is 24.0 Å². The van der Waals surface area contributed by atoms with Gasteiger partial charge in [-0.25, -0.2) is 0 Å². The minimum Gasteiger partial charge on any atom is -0.396 e. The number of rotatable bonds is 6. The number of ether oxygens (including phenoxy) is 1. The summed E-state index contributed by atoms with van der Waals surface area (Å²) in [6.45, 7) is 11.0. The second-order valence-corrected chi connectivity index (χ2v) is 6.72. The highest BCUT2D eigenvalue weighted by Crippen LogP contribution is 2.32. The van der Waals surface area contributed by atoms with Crippen LogP contribution in [0.1, 0.15) is 33.1 Å². The first-order valence-electron chi connectivity index (χ1n) is 7.78. The smallest absolute Gasteiger partial charge is 0.0472 e. The highest BCUT2D eigenvalue weighted by atomic mass is 16.5. The lowest BCUT2D eigenvalue weighted by atomic mass is 9.79. The van der Waals surface area contributed by atoms with Gasteiger partial charge < -0.3 is 20.1 Å². The third kappa shape index (κ3) is 4.42. The maximum absolute atomic E-state index is 9.27. The van der Waals surface area contributed by atoms with Crippen molar-refractivity contribution in [3.63, 3.8) is 0 Å². The van der Waals surface area contributed by atoms with E-state index >= 15 is 0 Å². The fraction of sp³-hybridized carbons (Fsp3) is 1.00. The molecule has 2 rings (SSSR count). The van der Waals surface area contributed by atoms with Gasteiger partial charge in [0.1, 0.15) is 0 Å². The lowest BCUT2D eigenvalue weighted by Crippen LogP contribution is -2.48. The van der Waals surface area contributed by atoms with Crippen LogP contribution in [0.5, 0.6) is 0 Å². The summed E-state index contributed by atoms with van der Waals surface area (Å²) in [5.74, 6) is 0.495. The van der Waals surface area contributed by atoms with Gasteiger partial charge in [0, 0.05) is 45.5 Å². The summed E-state index contributed by atoms with van der Waals surface area (Å²) in [7, 11) is 0. The predicted octanol–water partition coefficient (Wildman–Crippen LogP) is 1.10. The van der Waals surface area contributed by atoms with Crippen molar-refractivity contribution in [2.45, 2.75) is 39.2 Å². The molecule has 0 radical (unpaired) electrons. The monoisotopic (exact) mass is 270 g/mol. The number of nitrogens with zero attached hydrogens (tertiary/aromatic N) is 1. The summed E-state index contributed by atoms with van der Waals surface area (Å²) in [5.41, 5.74) is 0.368. The van der Waals surface area contributed by atoms with Crippen molar-refractivity contribution in [2.24, 2.45) is 11.3 Å². The zero-order valence-electron chi connectivity index (χ0n) is 12.5. The van der Waals surface area contributed by atoms with Crippen molar-refractivity contribution < 1.29 is 9.84 Å². The second-order valence-electron chi connectivity index (χ2n) is 6.72. The highest BCUT2D eigenvalue weighted by molar-refractivity contribution is 4.89. The Morgan fingerprint density at radius 1 is 1.37 bits per heavy atom. The lowest BCUT2D eigenvalue weighted by molar-refractivity contribution is -0.00260. The van der Waals surface area contributed by atoms with Gasteiger partial charge in [0.05, 0.1) is 0 Å². The van der Waals surface area contributed by atoms with Crippen LogP contribution in [0.15, 0.2) is 0 Å². The van der Waals surface area contributed by atoms with Crippen molar-refractivity contribution in [1.29, 1.82) is 0 Å². The average molecular weight is 270 g/mol. The van der Waals surface area contributed by atoms with Crippen LogP contribution in [-0.4, -0.2) is 62.0 Å². The van der Waals surface area contributed by atoms with Crippen molar-refractivity contribution in [2.75, 3.05) is 46.0 Å². The van der Waals surface area contributed by atoms with Crippen LogP contribution in [0.2, 0.25) is 0 Å². The van der Waals surface area contributed by atoms with Gasteiger partial charge in [-0.2, -0.15) is 0 Å². The van der Waals surface area contributed by atoms with Crippen LogP contribution in [-0.2, 0) is 4.74 Å². The Bertz CT molecular complexity index is 265. The molecule has 0 bridgehead atoms. The molecule has 2 aliphatic rings. The Hall–Kier alpha value is -0.160. The molecule has 2 aliphatic heterocycles. The lowest BCUT2D eigenvalue weighted by Gasteiger charge is -2.41. The third-order valence-corrected chi connectivity index (χ3v) is 4.63. The van der Waals surface area contributed by atoms with E-state index < -0.39 is 0 Å². The fourth-order valence-corrected chi connectivity index (χ4v) is 3.30. The van der Waals surface area contributed by atoms with E-state index in [-0.39, 0.29) is 0 Å². The molecule has 0 saturated carbocycles. The van der Waals surface area contributed by atoms with Crippen LogP contribution < -0.4 is 5.32 Å². The van der Waals surface area contributed by atoms with E-state index in [0.717, 1.165) is 58.7 Å². The zero-order chi connectivity index (χ0) is 13.7. The summed E-state index contributed by atoms with van der Waals surface area (Å²) < 4.78 is 5.55. The van der Waals surface area contributed by atoms with E-state index in [1.54, 1.807) is 0 Å². The van der Waals surface area contributed by atoms with Gasteiger partial charge in [0.25, 0.3) is 0 Å². The quantitative estimate of drug-likeness (QED) is 0.758. The molecule has 0 spiro atoms. The SMILES string of the molecule is CC(C)NCC1(CN2CCC(CO)C2)CCOCC1. The molecular weight excluding hydrogens is 240 g/mol. The standard InChI is InChI=1S/C15H30N2O2/c1-13(2)16-11-15(4-7-19-8-5-15)12-17-6-3-14(9-17)10-18/h13-14,16,18H,3-12H2,1-2H3. The summed E-state index contributed by atoms with van der Waals surface area (Å²) in [5, 5.41) is 12.9.